The van der Waals surface area contributed by atoms with E-state index in [4.69, 9.17) is 4.42 Å². The van der Waals surface area contributed by atoms with Gasteiger partial charge in [-0.05, 0) is 43.2 Å². The van der Waals surface area contributed by atoms with Crippen molar-refractivity contribution in [2.24, 2.45) is 18.9 Å². The number of aryl methyl sites for hydroxylation is 1. The van der Waals surface area contributed by atoms with Crippen molar-refractivity contribution < 1.29 is 9.21 Å². The first-order valence-corrected chi connectivity index (χ1v) is 7.59. The molecule has 0 aromatic carbocycles. The van der Waals surface area contributed by atoms with E-state index in [1.54, 1.807) is 17.0 Å². The zero-order chi connectivity index (χ0) is 14.4. The van der Waals surface area contributed by atoms with Gasteiger partial charge in [-0.25, -0.2) is 0 Å². The van der Waals surface area contributed by atoms with Crippen molar-refractivity contribution in [1.82, 2.24) is 15.1 Å². The summed E-state index contributed by atoms with van der Waals surface area (Å²) in [6.45, 7) is 0. The van der Waals surface area contributed by atoms with Gasteiger partial charge in [-0.1, -0.05) is 6.42 Å². The molecular weight excluding hydrogens is 266 g/mol. The molecule has 3 atom stereocenters. The van der Waals surface area contributed by atoms with Gasteiger partial charge in [0.25, 0.3) is 5.91 Å². The highest BCUT2D eigenvalue weighted by Crippen LogP contribution is 2.44. The number of hydrogen-bond acceptors (Lipinski definition) is 3. The van der Waals surface area contributed by atoms with Gasteiger partial charge in [0.05, 0.1) is 6.26 Å². The predicted octanol–water partition coefficient (Wildman–Crippen LogP) is 2.60. The van der Waals surface area contributed by atoms with Gasteiger partial charge in [0.15, 0.2) is 11.5 Å². The molecule has 2 saturated carbocycles. The molecule has 2 aromatic heterocycles. The van der Waals surface area contributed by atoms with E-state index in [1.165, 1.54) is 19.3 Å². The third-order valence-electron chi connectivity index (χ3n) is 4.94. The molecule has 2 fully saturated rings. The van der Waals surface area contributed by atoms with E-state index in [0.29, 0.717) is 17.7 Å². The average Bonchev–Trinajstić information content (AvgIpc) is 3.22. The number of aromatic nitrogens is 2. The minimum absolute atomic E-state index is 0.0686. The average molecular weight is 285 g/mol. The standard InChI is InChI=1S/C16H19N3O2/c1-19-14(15-3-2-6-21-15)9-13(18-19)16(20)17-12-8-10-4-5-11(12)7-10/h2-3,6,9-12H,4-5,7-8H2,1H3,(H,17,20). The predicted molar refractivity (Wildman–Crippen MR) is 77.6 cm³/mol. The molecule has 5 heteroatoms. The van der Waals surface area contributed by atoms with E-state index in [2.05, 4.69) is 10.4 Å². The summed E-state index contributed by atoms with van der Waals surface area (Å²) >= 11 is 0. The van der Waals surface area contributed by atoms with E-state index in [-0.39, 0.29) is 5.91 Å². The van der Waals surface area contributed by atoms with Crippen LogP contribution in [0.4, 0.5) is 0 Å². The molecule has 2 heterocycles. The van der Waals surface area contributed by atoms with Crippen molar-refractivity contribution in [3.05, 3.63) is 30.2 Å². The summed E-state index contributed by atoms with van der Waals surface area (Å²) in [6, 6.07) is 5.83. The van der Waals surface area contributed by atoms with Crippen LogP contribution >= 0.6 is 0 Å². The third kappa shape index (κ3) is 2.17. The van der Waals surface area contributed by atoms with Crippen molar-refractivity contribution in [2.75, 3.05) is 0 Å². The molecular formula is C16H19N3O2. The Kier molecular flexibility index (Phi) is 2.87. The Morgan fingerprint density at radius 2 is 2.33 bits per heavy atom. The van der Waals surface area contributed by atoms with Gasteiger partial charge in [0.1, 0.15) is 5.69 Å². The number of nitrogens with one attached hydrogen (secondary N) is 1. The van der Waals surface area contributed by atoms with Gasteiger partial charge >= 0.3 is 0 Å². The number of carbonyl (C=O) groups is 1. The van der Waals surface area contributed by atoms with Crippen molar-refractivity contribution >= 4 is 5.91 Å². The molecule has 0 radical (unpaired) electrons. The molecule has 2 aliphatic carbocycles. The SMILES string of the molecule is Cn1nc(C(=O)NC2CC3CCC2C3)cc1-c1ccco1. The normalized spacial score (nSPS) is 27.2. The molecule has 4 rings (SSSR count). The summed E-state index contributed by atoms with van der Waals surface area (Å²) < 4.78 is 7.06. The molecule has 0 saturated heterocycles. The van der Waals surface area contributed by atoms with E-state index in [0.717, 1.165) is 23.8 Å². The van der Waals surface area contributed by atoms with Crippen molar-refractivity contribution in [3.8, 4) is 11.5 Å². The van der Waals surface area contributed by atoms with E-state index < -0.39 is 0 Å². The quantitative estimate of drug-likeness (QED) is 0.943. The van der Waals surface area contributed by atoms with Crippen molar-refractivity contribution in [1.29, 1.82) is 0 Å². The molecule has 5 nitrogen and oxygen atoms in total. The molecule has 110 valence electrons. The van der Waals surface area contributed by atoms with Gasteiger partial charge in [0.2, 0.25) is 0 Å². The smallest absolute Gasteiger partial charge is 0.272 e. The Balaban J connectivity index is 1.51. The molecule has 3 unspecified atom stereocenters. The minimum atomic E-state index is -0.0686. The van der Waals surface area contributed by atoms with Crippen LogP contribution in [0.25, 0.3) is 11.5 Å². The lowest BCUT2D eigenvalue weighted by Crippen LogP contribution is -2.38. The number of fused-ring (bicyclic) bond motifs is 2. The van der Waals surface area contributed by atoms with E-state index >= 15 is 0 Å². The Labute approximate surface area is 123 Å². The van der Waals surface area contributed by atoms with Gasteiger partial charge in [-0.2, -0.15) is 5.10 Å². The number of furan rings is 1. The van der Waals surface area contributed by atoms with Crippen LogP contribution in [0.2, 0.25) is 0 Å². The lowest BCUT2D eigenvalue weighted by Gasteiger charge is -2.22. The first-order chi connectivity index (χ1) is 10.2. The zero-order valence-electron chi connectivity index (χ0n) is 12.1. The summed E-state index contributed by atoms with van der Waals surface area (Å²) in [5, 5.41) is 7.48. The monoisotopic (exact) mass is 285 g/mol. The molecule has 0 aliphatic heterocycles. The number of amides is 1. The van der Waals surface area contributed by atoms with Crippen molar-refractivity contribution in [3.63, 3.8) is 0 Å². The van der Waals surface area contributed by atoms with Crippen molar-refractivity contribution in [2.45, 2.75) is 31.7 Å². The first-order valence-electron chi connectivity index (χ1n) is 7.59. The lowest BCUT2D eigenvalue weighted by molar-refractivity contribution is 0.0917. The molecule has 2 bridgehead atoms. The van der Waals surface area contributed by atoms with Crippen LogP contribution in [0.3, 0.4) is 0 Å². The Morgan fingerprint density at radius 1 is 1.43 bits per heavy atom. The Hall–Kier alpha value is -2.04. The highest BCUT2D eigenvalue weighted by atomic mass is 16.3. The Morgan fingerprint density at radius 3 is 3.00 bits per heavy atom. The number of rotatable bonds is 3. The van der Waals surface area contributed by atoms with Gasteiger partial charge in [-0.15, -0.1) is 0 Å². The number of nitrogens with zero attached hydrogens (tertiary/aromatic N) is 2. The maximum absolute atomic E-state index is 12.4. The fraction of sp³-hybridized carbons (Fsp3) is 0.500. The molecule has 0 spiro atoms. The van der Waals surface area contributed by atoms with Gasteiger partial charge in [-0.3, -0.25) is 9.48 Å². The van der Waals surface area contributed by atoms with Crippen LogP contribution in [-0.2, 0) is 7.05 Å². The van der Waals surface area contributed by atoms with Gasteiger partial charge < -0.3 is 9.73 Å². The summed E-state index contributed by atoms with van der Waals surface area (Å²) in [5.41, 5.74) is 1.28. The second-order valence-electron chi connectivity index (χ2n) is 6.27. The number of carbonyl (C=O) groups excluding carboxylic acids is 1. The third-order valence-corrected chi connectivity index (χ3v) is 4.94. The summed E-state index contributed by atoms with van der Waals surface area (Å²) in [7, 11) is 1.83. The van der Waals surface area contributed by atoms with Crippen LogP contribution < -0.4 is 5.32 Å². The van der Waals surface area contributed by atoms with E-state index in [1.807, 2.05) is 19.2 Å². The van der Waals surface area contributed by atoms with Crippen LogP contribution in [0.1, 0.15) is 36.2 Å². The van der Waals surface area contributed by atoms with Crippen LogP contribution in [-0.4, -0.2) is 21.7 Å². The van der Waals surface area contributed by atoms with Gasteiger partial charge in [0, 0.05) is 19.2 Å². The molecule has 1 amide bonds. The van der Waals surface area contributed by atoms with Crippen LogP contribution in [0.5, 0.6) is 0 Å². The summed E-state index contributed by atoms with van der Waals surface area (Å²) in [5.74, 6) is 2.15. The molecule has 2 aliphatic rings. The summed E-state index contributed by atoms with van der Waals surface area (Å²) in [6.07, 6.45) is 6.63. The van der Waals surface area contributed by atoms with Crippen LogP contribution in [0, 0.1) is 11.8 Å². The van der Waals surface area contributed by atoms with Crippen LogP contribution in [0.15, 0.2) is 28.9 Å². The highest BCUT2D eigenvalue weighted by Gasteiger charge is 2.40. The number of hydrogen-bond donors (Lipinski definition) is 1. The fourth-order valence-electron chi connectivity index (χ4n) is 3.90. The molecule has 1 N–H and O–H groups in total. The molecule has 21 heavy (non-hydrogen) atoms. The minimum Gasteiger partial charge on any atom is -0.463 e. The van der Waals surface area contributed by atoms with E-state index in [9.17, 15) is 4.79 Å². The maximum Gasteiger partial charge on any atom is 0.272 e. The second-order valence-corrected chi connectivity index (χ2v) is 6.27. The lowest BCUT2D eigenvalue weighted by atomic mass is 9.95. The Bertz CT molecular complexity index is 659. The molecule has 2 aromatic rings. The first kappa shape index (κ1) is 12.7. The topological polar surface area (TPSA) is 60.1 Å². The zero-order valence-corrected chi connectivity index (χ0v) is 12.1. The summed E-state index contributed by atoms with van der Waals surface area (Å²) in [4.78, 5) is 12.4. The highest BCUT2D eigenvalue weighted by molar-refractivity contribution is 5.93. The fourth-order valence-corrected chi connectivity index (χ4v) is 3.90. The largest absolute Gasteiger partial charge is 0.463 e. The maximum atomic E-state index is 12.4. The second kappa shape index (κ2) is 4.76.